The zero-order valence-electron chi connectivity index (χ0n) is 28.4. The lowest BCUT2D eigenvalue weighted by Gasteiger charge is -2.21. The third-order valence-electron chi connectivity index (χ3n) is 9.14. The summed E-state index contributed by atoms with van der Waals surface area (Å²) in [5.74, 6) is -1.39. The first kappa shape index (κ1) is 39.4. The van der Waals surface area contributed by atoms with Crippen LogP contribution in [0, 0.1) is 0 Å². The first-order valence-corrected chi connectivity index (χ1v) is 18.7. The molecular weight excluding hydrogens is 538 g/mol. The highest BCUT2D eigenvalue weighted by molar-refractivity contribution is 5.84. The van der Waals surface area contributed by atoms with Crippen LogP contribution in [-0.4, -0.2) is 46.5 Å². The van der Waals surface area contributed by atoms with Gasteiger partial charge in [-0.3, -0.25) is 9.59 Å². The molecule has 6 nitrogen and oxygen atoms in total. The van der Waals surface area contributed by atoms with Crippen LogP contribution in [0.2, 0.25) is 0 Å². The molecule has 1 rings (SSSR count). The molecule has 252 valence electrons. The van der Waals surface area contributed by atoms with Gasteiger partial charge in [-0.1, -0.05) is 168 Å². The Morgan fingerprint density at radius 1 is 0.558 bits per heavy atom. The van der Waals surface area contributed by atoms with Crippen molar-refractivity contribution in [3.8, 4) is 0 Å². The van der Waals surface area contributed by atoms with Crippen LogP contribution in [0.5, 0.6) is 0 Å². The van der Waals surface area contributed by atoms with E-state index in [-0.39, 0.29) is 24.8 Å². The van der Waals surface area contributed by atoms with E-state index in [9.17, 15) is 19.5 Å². The van der Waals surface area contributed by atoms with E-state index < -0.39 is 18.1 Å². The van der Waals surface area contributed by atoms with Crippen LogP contribution in [0.4, 0.5) is 0 Å². The highest BCUT2D eigenvalue weighted by atomic mass is 16.5. The Balaban J connectivity index is 2.08. The fourth-order valence-corrected chi connectivity index (χ4v) is 6.36. The van der Waals surface area contributed by atoms with Crippen LogP contribution in [-0.2, 0) is 19.1 Å². The minimum absolute atomic E-state index is 0.120. The quantitative estimate of drug-likeness (QED) is 0.0648. The number of aliphatic carboxylic acids is 1. The second-order valence-corrected chi connectivity index (χ2v) is 13.2. The van der Waals surface area contributed by atoms with Crippen LogP contribution in [0.1, 0.15) is 200 Å². The van der Waals surface area contributed by atoms with Crippen LogP contribution in [0.15, 0.2) is 0 Å². The molecule has 43 heavy (non-hydrogen) atoms. The Morgan fingerprint density at radius 3 is 1.28 bits per heavy atom. The van der Waals surface area contributed by atoms with E-state index in [0.717, 1.165) is 38.5 Å². The fourth-order valence-electron chi connectivity index (χ4n) is 6.36. The molecule has 0 bridgehead atoms. The number of likely N-dealkylation sites (tertiary alicyclic amines) is 1. The van der Waals surface area contributed by atoms with Gasteiger partial charge in [-0.05, 0) is 12.8 Å². The van der Waals surface area contributed by atoms with Crippen molar-refractivity contribution in [1.29, 1.82) is 0 Å². The molecule has 1 N–H and O–H groups in total. The topological polar surface area (TPSA) is 83.9 Å². The molecule has 0 spiro atoms. The second kappa shape index (κ2) is 27.9. The van der Waals surface area contributed by atoms with Crippen molar-refractivity contribution in [2.45, 2.75) is 212 Å². The molecule has 1 aliphatic rings. The lowest BCUT2D eigenvalue weighted by atomic mass is 10.0. The van der Waals surface area contributed by atoms with E-state index in [4.69, 9.17) is 4.74 Å². The standard InChI is InChI=1S/C37H69NO5/c1-3-5-7-9-11-13-15-17-19-21-23-25-27-29-35(39)38-32-33(31-34(38)37(41)42)43-36(40)30-28-26-24-22-20-18-16-14-12-10-8-6-4-2/h33-34H,3-32H2,1-2H3,(H,41,42)/t33?,34-/m0/s1. The SMILES string of the molecule is CCCCCCCCCCCCCCCC(=O)OC1C[C@@H](C(=O)O)N(C(=O)CCCCCCCCCCCCCCC)C1. The maximum Gasteiger partial charge on any atom is 0.326 e. The summed E-state index contributed by atoms with van der Waals surface area (Å²) in [6.45, 7) is 4.72. The number of amides is 1. The Bertz CT molecular complexity index is 696. The van der Waals surface area contributed by atoms with E-state index in [1.165, 1.54) is 133 Å². The molecule has 1 fully saturated rings. The number of ether oxygens (including phenoxy) is 1. The molecule has 2 atom stereocenters. The Kier molecular flexibility index (Phi) is 25.6. The van der Waals surface area contributed by atoms with Gasteiger partial charge in [0.25, 0.3) is 0 Å². The second-order valence-electron chi connectivity index (χ2n) is 13.2. The summed E-state index contributed by atoms with van der Waals surface area (Å²) in [5.41, 5.74) is 0. The summed E-state index contributed by atoms with van der Waals surface area (Å²) in [4.78, 5) is 38.5. The first-order chi connectivity index (χ1) is 21.0. The molecule has 0 aromatic carbocycles. The van der Waals surface area contributed by atoms with Crippen LogP contribution in [0.3, 0.4) is 0 Å². The number of carboxylic acids is 1. The lowest BCUT2D eigenvalue weighted by molar-refractivity contribution is -0.149. The average molecular weight is 608 g/mol. The Labute approximate surface area is 265 Å². The van der Waals surface area contributed by atoms with E-state index in [1.54, 1.807) is 0 Å². The normalized spacial score (nSPS) is 16.6. The van der Waals surface area contributed by atoms with Crippen molar-refractivity contribution in [3.05, 3.63) is 0 Å². The number of hydrogen-bond acceptors (Lipinski definition) is 4. The molecule has 1 amide bonds. The lowest BCUT2D eigenvalue weighted by Crippen LogP contribution is -2.40. The Morgan fingerprint density at radius 2 is 0.907 bits per heavy atom. The first-order valence-electron chi connectivity index (χ1n) is 18.7. The molecule has 1 heterocycles. The summed E-state index contributed by atoms with van der Waals surface area (Å²) in [6.07, 6.45) is 33.0. The maximum absolute atomic E-state index is 12.8. The van der Waals surface area contributed by atoms with Gasteiger partial charge in [0.2, 0.25) is 5.91 Å². The van der Waals surface area contributed by atoms with Gasteiger partial charge in [0, 0.05) is 19.3 Å². The van der Waals surface area contributed by atoms with Gasteiger partial charge in [0.15, 0.2) is 0 Å². The van der Waals surface area contributed by atoms with Crippen molar-refractivity contribution >= 4 is 17.8 Å². The molecule has 0 aromatic rings. The molecule has 0 aromatic heterocycles. The van der Waals surface area contributed by atoms with Crippen LogP contribution < -0.4 is 0 Å². The van der Waals surface area contributed by atoms with Crippen LogP contribution >= 0.6 is 0 Å². The van der Waals surface area contributed by atoms with Crippen molar-refractivity contribution in [1.82, 2.24) is 4.90 Å². The van der Waals surface area contributed by atoms with Gasteiger partial charge < -0.3 is 14.7 Å². The summed E-state index contributed by atoms with van der Waals surface area (Å²) in [7, 11) is 0. The van der Waals surface area contributed by atoms with Crippen molar-refractivity contribution in [3.63, 3.8) is 0 Å². The number of unbranched alkanes of at least 4 members (excludes halogenated alkanes) is 24. The van der Waals surface area contributed by atoms with Crippen molar-refractivity contribution < 1.29 is 24.2 Å². The molecule has 1 saturated heterocycles. The number of rotatable bonds is 30. The van der Waals surface area contributed by atoms with Gasteiger partial charge in [-0.15, -0.1) is 0 Å². The number of carboxylic acid groups (broad SMARTS) is 1. The highest BCUT2D eigenvalue weighted by Gasteiger charge is 2.41. The molecule has 1 unspecified atom stereocenters. The van der Waals surface area contributed by atoms with Crippen molar-refractivity contribution in [2.75, 3.05) is 6.54 Å². The molecule has 6 heteroatoms. The minimum Gasteiger partial charge on any atom is -0.480 e. The fraction of sp³-hybridized carbons (Fsp3) is 0.919. The van der Waals surface area contributed by atoms with E-state index in [2.05, 4.69) is 13.8 Å². The average Bonchev–Trinajstić information content (AvgIpc) is 3.42. The molecule has 0 radical (unpaired) electrons. The van der Waals surface area contributed by atoms with Gasteiger partial charge in [0.1, 0.15) is 12.1 Å². The largest absolute Gasteiger partial charge is 0.480 e. The number of carbonyl (C=O) groups excluding carboxylic acids is 2. The summed E-state index contributed by atoms with van der Waals surface area (Å²) in [6, 6.07) is -0.886. The number of esters is 1. The molecule has 0 saturated carbocycles. The Hall–Kier alpha value is -1.59. The summed E-state index contributed by atoms with van der Waals surface area (Å²) < 4.78 is 5.61. The predicted octanol–water partition coefficient (Wildman–Crippen LogP) is 10.5. The highest BCUT2D eigenvalue weighted by Crippen LogP contribution is 2.24. The zero-order valence-corrected chi connectivity index (χ0v) is 28.4. The van der Waals surface area contributed by atoms with Gasteiger partial charge >= 0.3 is 11.9 Å². The van der Waals surface area contributed by atoms with E-state index >= 15 is 0 Å². The smallest absolute Gasteiger partial charge is 0.326 e. The number of hydrogen-bond donors (Lipinski definition) is 1. The number of nitrogens with zero attached hydrogens (tertiary/aromatic N) is 1. The minimum atomic E-state index is -1.01. The van der Waals surface area contributed by atoms with Gasteiger partial charge in [0.05, 0.1) is 6.54 Å². The van der Waals surface area contributed by atoms with Crippen molar-refractivity contribution in [2.24, 2.45) is 0 Å². The van der Waals surface area contributed by atoms with Gasteiger partial charge in [-0.2, -0.15) is 0 Å². The summed E-state index contributed by atoms with van der Waals surface area (Å²) in [5, 5.41) is 9.67. The molecule has 0 aliphatic carbocycles. The van der Waals surface area contributed by atoms with Crippen LogP contribution in [0.25, 0.3) is 0 Å². The van der Waals surface area contributed by atoms with E-state index in [0.29, 0.717) is 12.8 Å². The predicted molar refractivity (Wildman–Crippen MR) is 178 cm³/mol. The maximum atomic E-state index is 12.8. The molecular formula is C37H69NO5. The third-order valence-corrected chi connectivity index (χ3v) is 9.14. The number of carbonyl (C=O) groups is 3. The monoisotopic (exact) mass is 608 g/mol. The molecule has 1 aliphatic heterocycles. The third kappa shape index (κ3) is 21.7. The van der Waals surface area contributed by atoms with E-state index in [1.807, 2.05) is 0 Å². The zero-order chi connectivity index (χ0) is 31.4. The summed E-state index contributed by atoms with van der Waals surface area (Å²) >= 11 is 0. The van der Waals surface area contributed by atoms with Gasteiger partial charge in [-0.25, -0.2) is 4.79 Å².